The summed E-state index contributed by atoms with van der Waals surface area (Å²) in [4.78, 5) is 10.9. The van der Waals surface area contributed by atoms with Gasteiger partial charge in [-0.3, -0.25) is 4.79 Å². The molecule has 1 rings (SSSR count). The Hall–Kier alpha value is -1.82. The summed E-state index contributed by atoms with van der Waals surface area (Å²) < 4.78 is 0. The molecule has 0 atom stereocenters. The highest BCUT2D eigenvalue weighted by molar-refractivity contribution is 5.75. The average Bonchev–Trinajstić information content (AvgIpc) is 2.38. The minimum Gasteiger partial charge on any atom is -0.356 e. The predicted molar refractivity (Wildman–Crippen MR) is 78.7 cm³/mol. The topological polar surface area (TPSA) is 52.9 Å². The summed E-state index contributed by atoms with van der Waals surface area (Å²) in [6, 6.07) is 9.47. The molecule has 0 saturated heterocycles. The van der Waals surface area contributed by atoms with Gasteiger partial charge in [0.15, 0.2) is 0 Å². The minimum atomic E-state index is 0.0728. The van der Waals surface area contributed by atoms with Crippen LogP contribution < -0.4 is 5.32 Å². The molecule has 1 N–H and O–H groups in total. The van der Waals surface area contributed by atoms with Crippen molar-refractivity contribution in [1.29, 1.82) is 5.26 Å². The van der Waals surface area contributed by atoms with Gasteiger partial charge in [0.1, 0.15) is 0 Å². The molecule has 0 spiro atoms. The van der Waals surface area contributed by atoms with Crippen LogP contribution in [0.2, 0.25) is 0 Å². The number of rotatable bonds is 4. The molecule has 0 heterocycles. The second-order valence-electron chi connectivity index (χ2n) is 4.99. The summed E-state index contributed by atoms with van der Waals surface area (Å²) in [5.41, 5.74) is 1.79. The lowest BCUT2D eigenvalue weighted by molar-refractivity contribution is -0.120. The number of amides is 1. The number of nitriles is 1. The van der Waals surface area contributed by atoms with E-state index in [1.54, 1.807) is 12.1 Å². The third kappa shape index (κ3) is 9.84. The molecule has 19 heavy (non-hydrogen) atoms. The van der Waals surface area contributed by atoms with E-state index in [4.69, 9.17) is 5.26 Å². The van der Waals surface area contributed by atoms with Crippen molar-refractivity contribution in [3.05, 3.63) is 35.4 Å². The standard InChI is InChI=1S/C12H14N2O.C4H10/c1-2-12(15)14-8-7-10-3-5-11(9-13)6-4-10;1-4(2)3/h3-6H,2,7-8H2,1H3,(H,14,15);4H,1-3H3. The lowest BCUT2D eigenvalue weighted by atomic mass is 10.1. The van der Waals surface area contributed by atoms with Crippen molar-refractivity contribution < 1.29 is 4.79 Å². The average molecular weight is 260 g/mol. The largest absolute Gasteiger partial charge is 0.356 e. The summed E-state index contributed by atoms with van der Waals surface area (Å²) in [6.07, 6.45) is 1.32. The molecule has 0 aliphatic carbocycles. The van der Waals surface area contributed by atoms with Crippen molar-refractivity contribution in [3.63, 3.8) is 0 Å². The zero-order valence-electron chi connectivity index (χ0n) is 12.4. The number of nitrogens with zero attached hydrogens (tertiary/aromatic N) is 1. The number of carbonyl (C=O) groups excluding carboxylic acids is 1. The van der Waals surface area contributed by atoms with Crippen LogP contribution in [0.25, 0.3) is 0 Å². The van der Waals surface area contributed by atoms with Crippen LogP contribution in [-0.4, -0.2) is 12.5 Å². The minimum absolute atomic E-state index is 0.0728. The third-order valence-corrected chi connectivity index (χ3v) is 2.14. The Bertz CT molecular complexity index is 399. The fourth-order valence-corrected chi connectivity index (χ4v) is 1.22. The summed E-state index contributed by atoms with van der Waals surface area (Å²) in [5.74, 6) is 0.906. The zero-order valence-corrected chi connectivity index (χ0v) is 12.4. The van der Waals surface area contributed by atoms with E-state index >= 15 is 0 Å². The molecule has 3 heteroatoms. The Kier molecular flexibility index (Phi) is 9.16. The van der Waals surface area contributed by atoms with Gasteiger partial charge in [-0.15, -0.1) is 0 Å². The van der Waals surface area contributed by atoms with Gasteiger partial charge in [-0.05, 0) is 30.0 Å². The highest BCUT2D eigenvalue weighted by atomic mass is 16.1. The van der Waals surface area contributed by atoms with Crippen molar-refractivity contribution in [2.24, 2.45) is 5.92 Å². The van der Waals surface area contributed by atoms with Crippen LogP contribution in [0.1, 0.15) is 45.2 Å². The number of nitrogens with one attached hydrogen (secondary N) is 1. The highest BCUT2D eigenvalue weighted by Crippen LogP contribution is 2.03. The van der Waals surface area contributed by atoms with E-state index in [0.717, 1.165) is 17.9 Å². The predicted octanol–water partition coefficient (Wildman–Crippen LogP) is 3.29. The Morgan fingerprint density at radius 2 is 1.79 bits per heavy atom. The van der Waals surface area contributed by atoms with Crippen LogP contribution in [0.3, 0.4) is 0 Å². The van der Waals surface area contributed by atoms with Crippen molar-refractivity contribution >= 4 is 5.91 Å². The van der Waals surface area contributed by atoms with Crippen LogP contribution in [0.15, 0.2) is 24.3 Å². The second-order valence-corrected chi connectivity index (χ2v) is 4.99. The molecular formula is C16H24N2O. The Balaban J connectivity index is 0.000000711. The quantitative estimate of drug-likeness (QED) is 0.903. The smallest absolute Gasteiger partial charge is 0.219 e. The maximum absolute atomic E-state index is 10.9. The van der Waals surface area contributed by atoms with Crippen LogP contribution in [0.5, 0.6) is 0 Å². The van der Waals surface area contributed by atoms with Crippen molar-refractivity contribution in [1.82, 2.24) is 5.32 Å². The number of hydrogen-bond donors (Lipinski definition) is 1. The van der Waals surface area contributed by atoms with Gasteiger partial charge in [0.05, 0.1) is 11.6 Å². The summed E-state index contributed by atoms with van der Waals surface area (Å²) in [5, 5.41) is 11.4. The molecule has 0 bridgehead atoms. The van der Waals surface area contributed by atoms with Gasteiger partial charge in [0.2, 0.25) is 5.91 Å². The fourth-order valence-electron chi connectivity index (χ4n) is 1.22. The number of carbonyl (C=O) groups is 1. The van der Waals surface area contributed by atoms with Gasteiger partial charge >= 0.3 is 0 Å². The van der Waals surface area contributed by atoms with E-state index in [9.17, 15) is 4.79 Å². The SMILES string of the molecule is CC(C)C.CCC(=O)NCCc1ccc(C#N)cc1. The van der Waals surface area contributed by atoms with Crippen molar-refractivity contribution in [3.8, 4) is 6.07 Å². The first-order valence-electron chi connectivity index (χ1n) is 6.75. The van der Waals surface area contributed by atoms with Gasteiger partial charge < -0.3 is 5.32 Å². The van der Waals surface area contributed by atoms with Crippen LogP contribution in [0, 0.1) is 17.2 Å². The molecule has 1 aromatic carbocycles. The molecule has 104 valence electrons. The molecule has 1 amide bonds. The van der Waals surface area contributed by atoms with Gasteiger partial charge in [0.25, 0.3) is 0 Å². The van der Waals surface area contributed by atoms with Gasteiger partial charge in [0, 0.05) is 13.0 Å². The number of benzene rings is 1. The number of hydrogen-bond acceptors (Lipinski definition) is 2. The van der Waals surface area contributed by atoms with E-state index in [-0.39, 0.29) is 5.91 Å². The fraction of sp³-hybridized carbons (Fsp3) is 0.500. The van der Waals surface area contributed by atoms with Crippen LogP contribution >= 0.6 is 0 Å². The van der Waals surface area contributed by atoms with E-state index in [0.29, 0.717) is 18.5 Å². The molecule has 0 fully saturated rings. The summed E-state index contributed by atoms with van der Waals surface area (Å²) >= 11 is 0. The zero-order chi connectivity index (χ0) is 14.7. The Labute approximate surface area is 116 Å². The maximum Gasteiger partial charge on any atom is 0.219 e. The van der Waals surface area contributed by atoms with Gasteiger partial charge in [-0.1, -0.05) is 39.8 Å². The molecule has 0 saturated carbocycles. The normalized spacial score (nSPS) is 9.26. The van der Waals surface area contributed by atoms with Crippen molar-refractivity contribution in [2.45, 2.75) is 40.5 Å². The first-order chi connectivity index (χ1) is 8.99. The summed E-state index contributed by atoms with van der Waals surface area (Å²) in [7, 11) is 0. The lowest BCUT2D eigenvalue weighted by Crippen LogP contribution is -2.24. The second kappa shape index (κ2) is 10.1. The lowest BCUT2D eigenvalue weighted by Gasteiger charge is -2.03. The molecule has 3 nitrogen and oxygen atoms in total. The third-order valence-electron chi connectivity index (χ3n) is 2.14. The molecule has 0 radical (unpaired) electrons. The van der Waals surface area contributed by atoms with Crippen LogP contribution in [0.4, 0.5) is 0 Å². The van der Waals surface area contributed by atoms with Crippen molar-refractivity contribution in [2.75, 3.05) is 6.54 Å². The first kappa shape index (κ1) is 17.2. The molecule has 0 aliphatic heterocycles. The van der Waals surface area contributed by atoms with E-state index in [1.807, 2.05) is 19.1 Å². The maximum atomic E-state index is 10.9. The van der Waals surface area contributed by atoms with Gasteiger partial charge in [-0.2, -0.15) is 5.26 Å². The molecule has 1 aromatic rings. The molecular weight excluding hydrogens is 236 g/mol. The highest BCUT2D eigenvalue weighted by Gasteiger charge is 1.97. The monoisotopic (exact) mass is 260 g/mol. The summed E-state index contributed by atoms with van der Waals surface area (Å²) in [6.45, 7) is 8.98. The van der Waals surface area contributed by atoms with E-state index < -0.39 is 0 Å². The van der Waals surface area contributed by atoms with Gasteiger partial charge in [-0.25, -0.2) is 0 Å². The molecule has 0 aliphatic rings. The molecule has 0 aromatic heterocycles. The van der Waals surface area contributed by atoms with E-state index in [1.165, 1.54) is 0 Å². The Morgan fingerprint density at radius 1 is 1.26 bits per heavy atom. The Morgan fingerprint density at radius 3 is 2.21 bits per heavy atom. The van der Waals surface area contributed by atoms with E-state index in [2.05, 4.69) is 32.2 Å². The van der Waals surface area contributed by atoms with Crippen LogP contribution in [-0.2, 0) is 11.2 Å². The first-order valence-corrected chi connectivity index (χ1v) is 6.75. The molecule has 0 unspecified atom stereocenters.